The summed E-state index contributed by atoms with van der Waals surface area (Å²) in [6.45, 7) is 0.804. The third kappa shape index (κ3) is 4.59. The maximum atomic E-state index is 13.7. The number of nitriles is 1. The highest BCUT2D eigenvalue weighted by molar-refractivity contribution is 5.95. The first-order chi connectivity index (χ1) is 14.9. The van der Waals surface area contributed by atoms with E-state index in [1.54, 1.807) is 35.4 Å². The Balaban J connectivity index is 1.62. The van der Waals surface area contributed by atoms with Crippen molar-refractivity contribution >= 4 is 22.5 Å². The van der Waals surface area contributed by atoms with E-state index >= 15 is 0 Å². The lowest BCUT2D eigenvalue weighted by molar-refractivity contribution is -0.178. The molecule has 0 saturated carbocycles. The lowest BCUT2D eigenvalue weighted by Gasteiger charge is -2.41. The number of nitrogens with one attached hydrogen (secondary N) is 2. The van der Waals surface area contributed by atoms with Gasteiger partial charge in [-0.15, -0.1) is 0 Å². The van der Waals surface area contributed by atoms with Crippen molar-refractivity contribution in [2.75, 3.05) is 24.5 Å². The molecule has 31 heavy (non-hydrogen) atoms. The number of anilines is 1. The van der Waals surface area contributed by atoms with Gasteiger partial charge in [-0.3, -0.25) is 9.78 Å². The van der Waals surface area contributed by atoms with Crippen LogP contribution in [0.3, 0.4) is 0 Å². The summed E-state index contributed by atoms with van der Waals surface area (Å²) >= 11 is 0. The van der Waals surface area contributed by atoms with E-state index in [0.717, 1.165) is 19.4 Å². The minimum atomic E-state index is -4.37. The standard InChI is InChI=1S/C22H24F3N5O/c23-22(24,25)15-10-16(29-21(31)18-5-1-2-8-27-18)13-30(12-15)19-7-6-14(11-26)20-17(19)4-3-9-28-20/h3-4,6-7,9,15-16,18,27H,1-2,5,8,10,12-13H2,(H,29,31)/t15?,16-,18?/m1/s1. The lowest BCUT2D eigenvalue weighted by Crippen LogP contribution is -2.57. The Kier molecular flexibility index (Phi) is 6.01. The number of amides is 1. The van der Waals surface area contributed by atoms with Gasteiger partial charge in [-0.05, 0) is 50.1 Å². The van der Waals surface area contributed by atoms with Crippen LogP contribution in [0.15, 0.2) is 30.5 Å². The molecule has 2 fully saturated rings. The molecule has 3 heterocycles. The number of fused-ring (bicyclic) bond motifs is 1. The minimum Gasteiger partial charge on any atom is -0.368 e. The van der Waals surface area contributed by atoms with Crippen LogP contribution in [0.2, 0.25) is 0 Å². The SMILES string of the molecule is N#Cc1ccc(N2CC(C(F)(F)F)C[C@@H](NC(=O)C3CCCCN3)C2)c2cccnc12. The van der Waals surface area contributed by atoms with Gasteiger partial charge in [0.15, 0.2) is 0 Å². The molecule has 0 aliphatic carbocycles. The Bertz CT molecular complexity index is 997. The van der Waals surface area contributed by atoms with E-state index in [1.165, 1.54) is 0 Å². The van der Waals surface area contributed by atoms with E-state index in [9.17, 15) is 23.2 Å². The second-order valence-electron chi connectivity index (χ2n) is 8.23. The smallest absolute Gasteiger partial charge is 0.368 e. The zero-order valence-corrected chi connectivity index (χ0v) is 17.0. The van der Waals surface area contributed by atoms with Crippen molar-refractivity contribution in [1.82, 2.24) is 15.6 Å². The third-order valence-corrected chi connectivity index (χ3v) is 6.09. The monoisotopic (exact) mass is 431 g/mol. The fourth-order valence-electron chi connectivity index (χ4n) is 4.54. The molecule has 2 aliphatic rings. The number of piperidine rings is 2. The number of pyridine rings is 1. The molecule has 3 atom stereocenters. The second-order valence-corrected chi connectivity index (χ2v) is 8.23. The van der Waals surface area contributed by atoms with Crippen LogP contribution in [0, 0.1) is 17.2 Å². The van der Waals surface area contributed by atoms with Gasteiger partial charge in [-0.2, -0.15) is 18.4 Å². The van der Waals surface area contributed by atoms with Crippen molar-refractivity contribution in [1.29, 1.82) is 5.26 Å². The van der Waals surface area contributed by atoms with Gasteiger partial charge in [0.25, 0.3) is 0 Å². The highest BCUT2D eigenvalue weighted by Gasteiger charge is 2.45. The molecule has 6 nitrogen and oxygen atoms in total. The largest absolute Gasteiger partial charge is 0.393 e. The summed E-state index contributed by atoms with van der Waals surface area (Å²) in [6.07, 6.45) is -0.344. The predicted octanol–water partition coefficient (Wildman–Crippen LogP) is 3.12. The summed E-state index contributed by atoms with van der Waals surface area (Å²) in [5.74, 6) is -1.80. The Morgan fingerprint density at radius 1 is 1.26 bits per heavy atom. The third-order valence-electron chi connectivity index (χ3n) is 6.09. The molecule has 0 spiro atoms. The topological polar surface area (TPSA) is 81.0 Å². The molecule has 1 aromatic carbocycles. The van der Waals surface area contributed by atoms with Crippen LogP contribution in [0.4, 0.5) is 18.9 Å². The van der Waals surface area contributed by atoms with Crippen LogP contribution in [-0.2, 0) is 4.79 Å². The Morgan fingerprint density at radius 2 is 2.10 bits per heavy atom. The van der Waals surface area contributed by atoms with Crippen molar-refractivity contribution in [3.05, 3.63) is 36.0 Å². The van der Waals surface area contributed by atoms with Crippen LogP contribution in [0.25, 0.3) is 10.9 Å². The molecular weight excluding hydrogens is 407 g/mol. The summed E-state index contributed by atoms with van der Waals surface area (Å²) in [7, 11) is 0. The van der Waals surface area contributed by atoms with Gasteiger partial charge >= 0.3 is 6.18 Å². The number of aromatic nitrogens is 1. The van der Waals surface area contributed by atoms with Crippen molar-refractivity contribution in [2.45, 2.75) is 43.9 Å². The van der Waals surface area contributed by atoms with Gasteiger partial charge < -0.3 is 15.5 Å². The summed E-state index contributed by atoms with van der Waals surface area (Å²) in [4.78, 5) is 18.6. The summed E-state index contributed by atoms with van der Waals surface area (Å²) in [6, 6.07) is 7.81. The van der Waals surface area contributed by atoms with Gasteiger partial charge in [-0.1, -0.05) is 6.42 Å². The zero-order chi connectivity index (χ0) is 22.0. The Labute approximate surface area is 178 Å². The summed E-state index contributed by atoms with van der Waals surface area (Å²) < 4.78 is 41.2. The number of nitrogens with zero attached hydrogens (tertiary/aromatic N) is 3. The molecule has 4 rings (SSSR count). The molecule has 0 bridgehead atoms. The molecule has 2 aliphatic heterocycles. The normalized spacial score (nSPS) is 24.6. The number of carbonyl (C=O) groups is 1. The fraction of sp³-hybridized carbons (Fsp3) is 0.500. The number of alkyl halides is 3. The van der Waals surface area contributed by atoms with Gasteiger partial charge in [-0.25, -0.2) is 0 Å². The Morgan fingerprint density at radius 3 is 2.81 bits per heavy atom. The van der Waals surface area contributed by atoms with E-state index in [1.807, 2.05) is 0 Å². The van der Waals surface area contributed by atoms with E-state index in [4.69, 9.17) is 0 Å². The molecule has 2 unspecified atom stereocenters. The molecular formula is C22H24F3N5O. The second kappa shape index (κ2) is 8.71. The van der Waals surface area contributed by atoms with Crippen LogP contribution in [0.1, 0.15) is 31.2 Å². The number of carbonyl (C=O) groups excluding carboxylic acids is 1. The predicted molar refractivity (Wildman–Crippen MR) is 110 cm³/mol. The number of halogens is 3. The van der Waals surface area contributed by atoms with Crippen LogP contribution in [0.5, 0.6) is 0 Å². The fourth-order valence-corrected chi connectivity index (χ4v) is 4.54. The van der Waals surface area contributed by atoms with E-state index in [2.05, 4.69) is 21.7 Å². The average molecular weight is 431 g/mol. The van der Waals surface area contributed by atoms with Gasteiger partial charge in [0.1, 0.15) is 6.07 Å². The molecule has 2 aromatic rings. The average Bonchev–Trinajstić information content (AvgIpc) is 2.78. The van der Waals surface area contributed by atoms with E-state index in [-0.39, 0.29) is 31.5 Å². The van der Waals surface area contributed by atoms with Gasteiger partial charge in [0.05, 0.1) is 23.0 Å². The number of hydrogen-bond donors (Lipinski definition) is 2. The lowest BCUT2D eigenvalue weighted by atomic mass is 9.92. The van der Waals surface area contributed by atoms with E-state index in [0.29, 0.717) is 28.6 Å². The molecule has 0 radical (unpaired) electrons. The van der Waals surface area contributed by atoms with Crippen LogP contribution >= 0.6 is 0 Å². The van der Waals surface area contributed by atoms with Gasteiger partial charge in [0, 0.05) is 36.4 Å². The minimum absolute atomic E-state index is 0.148. The van der Waals surface area contributed by atoms with Crippen molar-refractivity contribution in [2.24, 2.45) is 5.92 Å². The van der Waals surface area contributed by atoms with Crippen LogP contribution < -0.4 is 15.5 Å². The molecule has 1 amide bonds. The molecule has 2 saturated heterocycles. The van der Waals surface area contributed by atoms with E-state index < -0.39 is 18.1 Å². The zero-order valence-electron chi connectivity index (χ0n) is 17.0. The number of rotatable bonds is 3. The van der Waals surface area contributed by atoms with Crippen molar-refractivity contribution in [3.8, 4) is 6.07 Å². The molecule has 164 valence electrons. The first kappa shape index (κ1) is 21.4. The molecule has 9 heteroatoms. The van der Waals surface area contributed by atoms with Gasteiger partial charge in [0.2, 0.25) is 5.91 Å². The highest BCUT2D eigenvalue weighted by Crippen LogP contribution is 2.37. The maximum absolute atomic E-state index is 13.7. The van der Waals surface area contributed by atoms with Crippen molar-refractivity contribution in [3.63, 3.8) is 0 Å². The highest BCUT2D eigenvalue weighted by atomic mass is 19.4. The number of hydrogen-bond acceptors (Lipinski definition) is 5. The molecule has 2 N–H and O–H groups in total. The van der Waals surface area contributed by atoms with Crippen LogP contribution in [-0.4, -0.2) is 48.8 Å². The van der Waals surface area contributed by atoms with Crippen molar-refractivity contribution < 1.29 is 18.0 Å². The first-order valence-electron chi connectivity index (χ1n) is 10.5. The summed E-state index contributed by atoms with van der Waals surface area (Å²) in [5.41, 5.74) is 1.42. The summed E-state index contributed by atoms with van der Waals surface area (Å²) in [5, 5.41) is 16.0. The maximum Gasteiger partial charge on any atom is 0.393 e. The molecule has 1 aromatic heterocycles. The number of benzene rings is 1. The quantitative estimate of drug-likeness (QED) is 0.781. The first-order valence-corrected chi connectivity index (χ1v) is 10.5. The Hall–Kier alpha value is -2.86.